The number of nitrogens with zero attached hydrogens (tertiary/aromatic N) is 2. The van der Waals surface area contributed by atoms with Gasteiger partial charge in [-0.2, -0.15) is 0 Å². The van der Waals surface area contributed by atoms with Crippen molar-refractivity contribution in [2.24, 2.45) is 0 Å². The van der Waals surface area contributed by atoms with E-state index >= 15 is 0 Å². The summed E-state index contributed by atoms with van der Waals surface area (Å²) in [5.41, 5.74) is 1.34. The molecule has 2 aromatic rings. The molecular formula is C14H17N3O4. The molecule has 2 rings (SSSR count). The molecule has 7 heteroatoms. The average molecular weight is 291 g/mol. The van der Waals surface area contributed by atoms with Crippen LogP contribution < -0.4 is 10.1 Å². The maximum absolute atomic E-state index is 10.9. The number of hydrogen-bond donors (Lipinski definition) is 1. The molecule has 0 aliphatic carbocycles. The quantitative estimate of drug-likeness (QED) is 0.479. The van der Waals surface area contributed by atoms with Crippen LogP contribution in [0.4, 0.5) is 5.69 Å². The summed E-state index contributed by atoms with van der Waals surface area (Å²) < 4.78 is 10.4. The van der Waals surface area contributed by atoms with Gasteiger partial charge in [-0.25, -0.2) is 4.98 Å². The molecule has 1 aromatic carbocycles. The van der Waals surface area contributed by atoms with E-state index in [0.29, 0.717) is 18.0 Å². The van der Waals surface area contributed by atoms with Crippen LogP contribution in [0, 0.1) is 10.1 Å². The lowest BCUT2D eigenvalue weighted by atomic mass is 10.2. The zero-order valence-corrected chi connectivity index (χ0v) is 12.0. The first-order valence-corrected chi connectivity index (χ1v) is 6.63. The molecule has 0 saturated heterocycles. The monoisotopic (exact) mass is 291 g/mol. The minimum absolute atomic E-state index is 0.0855. The van der Waals surface area contributed by atoms with Crippen molar-refractivity contribution in [1.82, 2.24) is 10.3 Å². The van der Waals surface area contributed by atoms with Gasteiger partial charge in [0.05, 0.1) is 17.7 Å². The van der Waals surface area contributed by atoms with E-state index in [-0.39, 0.29) is 11.4 Å². The molecule has 1 N–H and O–H groups in total. The van der Waals surface area contributed by atoms with Crippen LogP contribution in [-0.4, -0.2) is 23.6 Å². The zero-order chi connectivity index (χ0) is 15.2. The summed E-state index contributed by atoms with van der Waals surface area (Å²) >= 11 is 0. The Kier molecular flexibility index (Phi) is 4.89. The fraction of sp³-hybridized carbons (Fsp3) is 0.357. The number of aromatic nitrogens is 1. The summed E-state index contributed by atoms with van der Waals surface area (Å²) in [6.45, 7) is 3.62. The summed E-state index contributed by atoms with van der Waals surface area (Å²) in [5, 5.41) is 14.1. The summed E-state index contributed by atoms with van der Waals surface area (Å²) in [7, 11) is 1.39. The highest BCUT2D eigenvalue weighted by molar-refractivity contribution is 5.62. The smallest absolute Gasteiger partial charge is 0.310 e. The third-order valence-electron chi connectivity index (χ3n) is 2.91. The summed E-state index contributed by atoms with van der Waals surface area (Å²) in [6.07, 6.45) is 2.62. The van der Waals surface area contributed by atoms with E-state index in [4.69, 9.17) is 9.15 Å². The fourth-order valence-electron chi connectivity index (χ4n) is 1.88. The fourth-order valence-corrected chi connectivity index (χ4v) is 1.88. The lowest BCUT2D eigenvalue weighted by molar-refractivity contribution is -0.385. The minimum Gasteiger partial charge on any atom is -0.490 e. The van der Waals surface area contributed by atoms with Gasteiger partial charge in [0.25, 0.3) is 0 Å². The minimum atomic E-state index is -0.488. The number of hydrogen-bond acceptors (Lipinski definition) is 6. The Morgan fingerprint density at radius 1 is 1.48 bits per heavy atom. The van der Waals surface area contributed by atoms with Crippen LogP contribution in [-0.2, 0) is 6.54 Å². The van der Waals surface area contributed by atoms with E-state index in [1.807, 2.05) is 0 Å². The third kappa shape index (κ3) is 3.57. The number of oxazole rings is 1. The number of methoxy groups -OCH3 is 1. The summed E-state index contributed by atoms with van der Waals surface area (Å²) in [6, 6.07) is 4.52. The molecule has 1 aromatic heterocycles. The first-order chi connectivity index (χ1) is 10.2. The van der Waals surface area contributed by atoms with Crippen LogP contribution in [0.1, 0.15) is 19.0 Å². The molecule has 0 aliphatic rings. The molecule has 0 radical (unpaired) electrons. The van der Waals surface area contributed by atoms with E-state index in [2.05, 4.69) is 17.2 Å². The Hall–Kier alpha value is -2.41. The van der Waals surface area contributed by atoms with Gasteiger partial charge in [-0.1, -0.05) is 6.92 Å². The van der Waals surface area contributed by atoms with Crippen LogP contribution in [0.15, 0.2) is 28.9 Å². The lowest BCUT2D eigenvalue weighted by Crippen LogP contribution is -2.13. The molecular weight excluding hydrogens is 274 g/mol. The average Bonchev–Trinajstić information content (AvgIpc) is 2.95. The van der Waals surface area contributed by atoms with Gasteiger partial charge in [-0.15, -0.1) is 0 Å². The van der Waals surface area contributed by atoms with Crippen molar-refractivity contribution in [2.75, 3.05) is 13.7 Å². The topological polar surface area (TPSA) is 90.4 Å². The van der Waals surface area contributed by atoms with E-state index < -0.39 is 4.92 Å². The second-order valence-corrected chi connectivity index (χ2v) is 4.46. The molecule has 7 nitrogen and oxygen atoms in total. The van der Waals surface area contributed by atoms with Crippen LogP contribution in [0.3, 0.4) is 0 Å². The Balaban J connectivity index is 2.20. The zero-order valence-electron chi connectivity index (χ0n) is 12.0. The Labute approximate surface area is 122 Å². The van der Waals surface area contributed by atoms with Gasteiger partial charge in [0.1, 0.15) is 6.26 Å². The number of ether oxygens (including phenoxy) is 1. The Morgan fingerprint density at radius 3 is 2.95 bits per heavy atom. The van der Waals surface area contributed by atoms with Crippen molar-refractivity contribution in [2.45, 2.75) is 19.9 Å². The van der Waals surface area contributed by atoms with E-state index in [0.717, 1.165) is 18.7 Å². The number of rotatable bonds is 7. The first-order valence-electron chi connectivity index (χ1n) is 6.63. The third-order valence-corrected chi connectivity index (χ3v) is 2.91. The molecule has 0 bridgehead atoms. The van der Waals surface area contributed by atoms with Crippen LogP contribution in [0.5, 0.6) is 5.75 Å². The van der Waals surface area contributed by atoms with E-state index in [1.54, 1.807) is 18.4 Å². The number of benzene rings is 1. The normalized spacial score (nSPS) is 10.6. The second-order valence-electron chi connectivity index (χ2n) is 4.46. The molecule has 21 heavy (non-hydrogen) atoms. The van der Waals surface area contributed by atoms with Gasteiger partial charge in [-0.3, -0.25) is 10.1 Å². The van der Waals surface area contributed by atoms with E-state index in [1.165, 1.54) is 13.2 Å². The highest BCUT2D eigenvalue weighted by Crippen LogP contribution is 2.31. The largest absolute Gasteiger partial charge is 0.490 e. The molecule has 1 heterocycles. The van der Waals surface area contributed by atoms with Crippen molar-refractivity contribution >= 4 is 5.69 Å². The van der Waals surface area contributed by atoms with E-state index in [9.17, 15) is 10.1 Å². The van der Waals surface area contributed by atoms with Gasteiger partial charge in [-0.05, 0) is 25.1 Å². The van der Waals surface area contributed by atoms with Gasteiger partial charge >= 0.3 is 5.69 Å². The van der Waals surface area contributed by atoms with Crippen LogP contribution in [0.2, 0.25) is 0 Å². The molecule has 0 spiro atoms. The Bertz CT molecular complexity index is 624. The first kappa shape index (κ1) is 15.0. The number of nitro groups is 1. The second kappa shape index (κ2) is 6.85. The van der Waals surface area contributed by atoms with Gasteiger partial charge in [0.15, 0.2) is 5.75 Å². The van der Waals surface area contributed by atoms with Crippen molar-refractivity contribution in [1.29, 1.82) is 0 Å². The maximum Gasteiger partial charge on any atom is 0.310 e. The number of nitrogens with one attached hydrogen (secondary N) is 1. The molecule has 0 saturated carbocycles. The predicted octanol–water partition coefficient (Wildman–Crippen LogP) is 2.76. The maximum atomic E-state index is 10.9. The highest BCUT2D eigenvalue weighted by Gasteiger charge is 2.17. The SMILES string of the molecule is CCCNCc1coc(-c2ccc([N+](=O)[O-])c(OC)c2)n1. The molecule has 112 valence electrons. The van der Waals surface area contributed by atoms with Crippen LogP contribution in [0.25, 0.3) is 11.5 Å². The van der Waals surface area contributed by atoms with Crippen molar-refractivity contribution in [3.63, 3.8) is 0 Å². The summed E-state index contributed by atoms with van der Waals surface area (Å²) in [5.74, 6) is 0.595. The molecule has 0 unspecified atom stereocenters. The lowest BCUT2D eigenvalue weighted by Gasteiger charge is -2.02. The van der Waals surface area contributed by atoms with Crippen LogP contribution >= 0.6 is 0 Å². The molecule has 0 amide bonds. The van der Waals surface area contributed by atoms with Gasteiger partial charge in [0.2, 0.25) is 5.89 Å². The van der Waals surface area contributed by atoms with Crippen molar-refractivity contribution < 1.29 is 14.1 Å². The molecule has 0 aliphatic heterocycles. The summed E-state index contributed by atoms with van der Waals surface area (Å²) in [4.78, 5) is 14.7. The predicted molar refractivity (Wildman–Crippen MR) is 77.1 cm³/mol. The Morgan fingerprint density at radius 2 is 2.29 bits per heavy atom. The van der Waals surface area contributed by atoms with Crippen molar-refractivity contribution in [3.8, 4) is 17.2 Å². The number of nitro benzene ring substituents is 1. The molecule has 0 atom stereocenters. The van der Waals surface area contributed by atoms with Gasteiger partial charge in [0, 0.05) is 18.2 Å². The van der Waals surface area contributed by atoms with Crippen molar-refractivity contribution in [3.05, 3.63) is 40.3 Å². The highest BCUT2D eigenvalue weighted by atomic mass is 16.6. The standard InChI is InChI=1S/C14H17N3O4/c1-3-6-15-8-11-9-21-14(16-11)10-4-5-12(17(18)19)13(7-10)20-2/h4-5,7,9,15H,3,6,8H2,1-2H3. The molecule has 0 fully saturated rings. The van der Waals surface area contributed by atoms with Gasteiger partial charge < -0.3 is 14.5 Å².